The van der Waals surface area contributed by atoms with Crippen molar-refractivity contribution in [2.75, 3.05) is 6.61 Å². The fourth-order valence-corrected chi connectivity index (χ4v) is 2.05. The van der Waals surface area contributed by atoms with Crippen LogP contribution in [0.3, 0.4) is 0 Å². The van der Waals surface area contributed by atoms with Gasteiger partial charge in [0.15, 0.2) is 0 Å². The summed E-state index contributed by atoms with van der Waals surface area (Å²) < 4.78 is 5.12. The van der Waals surface area contributed by atoms with Crippen LogP contribution in [-0.4, -0.2) is 23.6 Å². The van der Waals surface area contributed by atoms with Gasteiger partial charge in [0.25, 0.3) is 0 Å². The maximum absolute atomic E-state index is 11.6. The van der Waals surface area contributed by atoms with Crippen LogP contribution in [0.4, 0.5) is 4.79 Å². The van der Waals surface area contributed by atoms with Crippen LogP contribution in [0.15, 0.2) is 42.6 Å². The average Bonchev–Trinajstić information content (AvgIpc) is 2.73. The van der Waals surface area contributed by atoms with Crippen molar-refractivity contribution in [1.82, 2.24) is 4.90 Å². The van der Waals surface area contributed by atoms with Crippen LogP contribution in [0.25, 0.3) is 0 Å². The number of nitrogens with zero attached hydrogens (tertiary/aromatic N) is 1. The van der Waals surface area contributed by atoms with Crippen LogP contribution < -0.4 is 0 Å². The summed E-state index contributed by atoms with van der Waals surface area (Å²) in [5.41, 5.74) is 1.23. The Balaban J connectivity index is 2.00. The van der Waals surface area contributed by atoms with Crippen molar-refractivity contribution in [3.8, 4) is 0 Å². The number of hydrogen-bond acceptors (Lipinski definition) is 2. The molecule has 0 saturated carbocycles. The average molecular weight is 245 g/mol. The topological polar surface area (TPSA) is 29.5 Å². The lowest BCUT2D eigenvalue weighted by Gasteiger charge is -2.17. The summed E-state index contributed by atoms with van der Waals surface area (Å²) >= 11 is 0. The lowest BCUT2D eigenvalue weighted by molar-refractivity contribution is 0.166. The van der Waals surface area contributed by atoms with Crippen LogP contribution in [0.2, 0.25) is 0 Å². The number of carbonyl (C=O) groups excluding carboxylic acids is 1. The van der Waals surface area contributed by atoms with E-state index in [0.717, 1.165) is 19.3 Å². The largest absolute Gasteiger partial charge is 0.447 e. The summed E-state index contributed by atoms with van der Waals surface area (Å²) in [5, 5.41) is 0. The molecule has 0 unspecified atom stereocenters. The van der Waals surface area contributed by atoms with Gasteiger partial charge in [0.2, 0.25) is 0 Å². The Labute approximate surface area is 108 Å². The van der Waals surface area contributed by atoms with Gasteiger partial charge in [-0.05, 0) is 18.4 Å². The Kier molecular flexibility index (Phi) is 4.40. The number of unbranched alkanes of at least 4 members (excludes halogenated alkanes) is 1. The Morgan fingerprint density at radius 2 is 2.17 bits per heavy atom. The highest BCUT2D eigenvalue weighted by Gasteiger charge is 2.31. The third-order valence-electron chi connectivity index (χ3n) is 3.04. The Hall–Kier alpha value is -1.77. The molecule has 1 heterocycles. The zero-order chi connectivity index (χ0) is 12.8. The SMILES string of the molecule is CCCC=CN1C(=O)OC[C@H]1Cc1ccccc1. The molecule has 0 aliphatic carbocycles. The molecule has 1 aromatic rings. The van der Waals surface area contributed by atoms with E-state index >= 15 is 0 Å². The molecule has 1 amide bonds. The first-order valence-electron chi connectivity index (χ1n) is 6.47. The maximum atomic E-state index is 11.6. The second kappa shape index (κ2) is 6.24. The molecule has 1 aromatic carbocycles. The van der Waals surface area contributed by atoms with Crippen LogP contribution in [0, 0.1) is 0 Å². The zero-order valence-electron chi connectivity index (χ0n) is 10.7. The summed E-state index contributed by atoms with van der Waals surface area (Å²) in [7, 11) is 0. The van der Waals surface area contributed by atoms with Gasteiger partial charge in [-0.3, -0.25) is 4.90 Å². The highest BCUT2D eigenvalue weighted by Crippen LogP contribution is 2.17. The third-order valence-corrected chi connectivity index (χ3v) is 3.04. The van der Waals surface area contributed by atoms with Crippen molar-refractivity contribution in [2.45, 2.75) is 32.2 Å². The molecule has 1 atom stereocenters. The molecule has 0 radical (unpaired) electrons. The fourth-order valence-electron chi connectivity index (χ4n) is 2.05. The molecular formula is C15H19NO2. The van der Waals surface area contributed by atoms with Crippen LogP contribution >= 0.6 is 0 Å². The van der Waals surface area contributed by atoms with Gasteiger partial charge in [0.1, 0.15) is 6.61 Å². The Morgan fingerprint density at radius 3 is 2.89 bits per heavy atom. The number of carbonyl (C=O) groups is 1. The van der Waals surface area contributed by atoms with Crippen LogP contribution in [0.5, 0.6) is 0 Å². The smallest absolute Gasteiger partial charge is 0.414 e. The van der Waals surface area contributed by atoms with E-state index in [1.165, 1.54) is 5.56 Å². The Bertz CT molecular complexity index is 414. The summed E-state index contributed by atoms with van der Waals surface area (Å²) in [6, 6.07) is 10.3. The van der Waals surface area contributed by atoms with Crippen molar-refractivity contribution in [3.05, 3.63) is 48.2 Å². The van der Waals surface area contributed by atoms with Gasteiger partial charge in [0.05, 0.1) is 6.04 Å². The van der Waals surface area contributed by atoms with E-state index in [0.29, 0.717) is 6.61 Å². The summed E-state index contributed by atoms with van der Waals surface area (Å²) in [4.78, 5) is 13.3. The molecule has 1 aliphatic rings. The predicted octanol–water partition coefficient (Wildman–Crippen LogP) is 3.36. The summed E-state index contributed by atoms with van der Waals surface area (Å²) in [5.74, 6) is 0. The second-order valence-electron chi connectivity index (χ2n) is 4.50. The quantitative estimate of drug-likeness (QED) is 0.796. The van der Waals surface area contributed by atoms with Gasteiger partial charge >= 0.3 is 6.09 Å². The monoisotopic (exact) mass is 245 g/mol. The highest BCUT2D eigenvalue weighted by molar-refractivity contribution is 5.71. The van der Waals surface area contributed by atoms with Gasteiger partial charge in [0, 0.05) is 6.20 Å². The van der Waals surface area contributed by atoms with Crippen molar-refractivity contribution in [1.29, 1.82) is 0 Å². The van der Waals surface area contributed by atoms with Gasteiger partial charge < -0.3 is 4.74 Å². The number of benzene rings is 1. The van der Waals surface area contributed by atoms with Crippen LogP contribution in [-0.2, 0) is 11.2 Å². The van der Waals surface area contributed by atoms with Gasteiger partial charge in [-0.15, -0.1) is 0 Å². The molecule has 3 nitrogen and oxygen atoms in total. The molecule has 96 valence electrons. The minimum atomic E-state index is -0.233. The van der Waals surface area contributed by atoms with Crippen molar-refractivity contribution in [2.24, 2.45) is 0 Å². The molecule has 3 heteroatoms. The number of cyclic esters (lactones) is 1. The minimum Gasteiger partial charge on any atom is -0.447 e. The molecule has 0 bridgehead atoms. The minimum absolute atomic E-state index is 0.119. The van der Waals surface area contributed by atoms with Crippen LogP contribution in [0.1, 0.15) is 25.3 Å². The lowest BCUT2D eigenvalue weighted by atomic mass is 10.1. The van der Waals surface area contributed by atoms with Gasteiger partial charge in [-0.25, -0.2) is 4.79 Å². The van der Waals surface area contributed by atoms with E-state index < -0.39 is 0 Å². The molecule has 1 aliphatic heterocycles. The van der Waals surface area contributed by atoms with Gasteiger partial charge in [-0.2, -0.15) is 0 Å². The molecule has 18 heavy (non-hydrogen) atoms. The maximum Gasteiger partial charge on any atom is 0.414 e. The molecule has 0 spiro atoms. The number of rotatable bonds is 5. The zero-order valence-corrected chi connectivity index (χ0v) is 10.7. The molecular weight excluding hydrogens is 226 g/mol. The lowest BCUT2D eigenvalue weighted by Crippen LogP contribution is -2.30. The highest BCUT2D eigenvalue weighted by atomic mass is 16.6. The number of allylic oxidation sites excluding steroid dienone is 1. The van der Waals surface area contributed by atoms with Gasteiger partial charge in [-0.1, -0.05) is 49.8 Å². The molecule has 1 saturated heterocycles. The standard InChI is InChI=1S/C15H19NO2/c1-2-3-7-10-16-14(12-18-15(16)17)11-13-8-5-4-6-9-13/h4-10,14H,2-3,11-12H2,1H3/t14-/m1/s1. The number of amides is 1. The van der Waals surface area contributed by atoms with Crippen molar-refractivity contribution >= 4 is 6.09 Å². The summed E-state index contributed by atoms with van der Waals surface area (Å²) in [6.45, 7) is 2.60. The molecule has 2 rings (SSSR count). The van der Waals surface area contributed by atoms with E-state index in [9.17, 15) is 4.79 Å². The first-order chi connectivity index (χ1) is 8.81. The van der Waals surface area contributed by atoms with E-state index in [1.54, 1.807) is 4.90 Å². The molecule has 0 N–H and O–H groups in total. The Morgan fingerprint density at radius 1 is 1.39 bits per heavy atom. The number of hydrogen-bond donors (Lipinski definition) is 0. The summed E-state index contributed by atoms with van der Waals surface area (Å²) in [6.07, 6.45) is 6.58. The van der Waals surface area contributed by atoms with Crippen molar-refractivity contribution in [3.63, 3.8) is 0 Å². The number of ether oxygens (including phenoxy) is 1. The normalized spacial score (nSPS) is 19.5. The molecule has 1 fully saturated rings. The predicted molar refractivity (Wildman–Crippen MR) is 71.2 cm³/mol. The molecule has 0 aromatic heterocycles. The van der Waals surface area contributed by atoms with E-state index in [4.69, 9.17) is 4.74 Å². The third kappa shape index (κ3) is 3.13. The second-order valence-corrected chi connectivity index (χ2v) is 4.50. The first-order valence-corrected chi connectivity index (χ1v) is 6.47. The van der Waals surface area contributed by atoms with E-state index in [-0.39, 0.29) is 12.1 Å². The van der Waals surface area contributed by atoms with E-state index in [1.807, 2.05) is 30.5 Å². The fraction of sp³-hybridized carbons (Fsp3) is 0.400. The first kappa shape index (κ1) is 12.7. The van der Waals surface area contributed by atoms with Crippen molar-refractivity contribution < 1.29 is 9.53 Å². The van der Waals surface area contributed by atoms with E-state index in [2.05, 4.69) is 19.1 Å².